The Hall–Kier alpha value is -5.40. The average molecular weight is 736 g/mol. The first-order valence-electron chi connectivity index (χ1n) is 14.3. The molecule has 0 spiro atoms. The molecular formula is C29H28ClF6N7O7. The Morgan fingerprint density at radius 3 is 2.08 bits per heavy atom. The van der Waals surface area contributed by atoms with Gasteiger partial charge in [-0.2, -0.15) is 31.3 Å². The number of rotatable bonds is 3. The number of alkyl halides is 6. The van der Waals surface area contributed by atoms with Crippen LogP contribution in [0.15, 0.2) is 42.9 Å². The van der Waals surface area contributed by atoms with E-state index in [1.165, 1.54) is 11.1 Å². The molecule has 3 aromatic rings. The Morgan fingerprint density at radius 2 is 1.50 bits per heavy atom. The van der Waals surface area contributed by atoms with Crippen molar-refractivity contribution in [2.24, 2.45) is 5.92 Å². The van der Waals surface area contributed by atoms with Gasteiger partial charge in [0.2, 0.25) is 11.9 Å². The summed E-state index contributed by atoms with van der Waals surface area (Å²) in [6.45, 7) is 0.933. The minimum Gasteiger partial charge on any atom is -0.475 e. The van der Waals surface area contributed by atoms with Crippen LogP contribution in [0.2, 0.25) is 5.02 Å². The number of piperidine rings is 1. The zero-order valence-corrected chi connectivity index (χ0v) is 26.2. The standard InChI is InChI=1S/C25H26ClN7O3.2C2HF3O2/c26-20-14-28-24-30-19-9-16(12-27-13-19)1-2-17-11-18(29-23(20)32-24)3-4-21(17)31-22(34)10-15-5-7-33(8-6-15)25(35)36;2*3-2(4,5)1(6)7/h3-4,9,11-15H,1-2,5-8,10H2,(H,31,34)(H,35,36)(H2,28,29,30,32);2*(H,6,7). The lowest BCUT2D eigenvalue weighted by molar-refractivity contribution is -0.193. The maximum absolute atomic E-state index is 12.9. The second-order valence-electron chi connectivity index (χ2n) is 10.7. The zero-order valence-electron chi connectivity index (χ0n) is 25.5. The number of anilines is 5. The number of carboxylic acid groups (broad SMARTS) is 3. The monoisotopic (exact) mass is 735 g/mol. The van der Waals surface area contributed by atoms with Gasteiger partial charge in [-0.25, -0.2) is 19.4 Å². The number of nitrogens with zero attached hydrogens (tertiary/aromatic N) is 4. The van der Waals surface area contributed by atoms with Crippen molar-refractivity contribution in [1.29, 1.82) is 0 Å². The Kier molecular flexibility index (Phi) is 13.1. The number of amides is 2. The van der Waals surface area contributed by atoms with E-state index in [2.05, 4.69) is 30.9 Å². The molecule has 50 heavy (non-hydrogen) atoms. The van der Waals surface area contributed by atoms with E-state index < -0.39 is 30.4 Å². The van der Waals surface area contributed by atoms with Crippen LogP contribution in [0.3, 0.4) is 0 Å². The lowest BCUT2D eigenvalue weighted by Crippen LogP contribution is -2.38. The van der Waals surface area contributed by atoms with Gasteiger partial charge >= 0.3 is 30.4 Å². The van der Waals surface area contributed by atoms with Crippen molar-refractivity contribution in [3.63, 3.8) is 0 Å². The van der Waals surface area contributed by atoms with Crippen molar-refractivity contribution >= 4 is 64.4 Å². The summed E-state index contributed by atoms with van der Waals surface area (Å²) < 4.78 is 63.5. The largest absolute Gasteiger partial charge is 0.490 e. The predicted molar refractivity (Wildman–Crippen MR) is 165 cm³/mol. The van der Waals surface area contributed by atoms with Crippen LogP contribution < -0.4 is 16.0 Å². The summed E-state index contributed by atoms with van der Waals surface area (Å²) in [5.74, 6) is -4.55. The van der Waals surface area contributed by atoms with Crippen LogP contribution in [0.25, 0.3) is 0 Å². The Morgan fingerprint density at radius 1 is 0.880 bits per heavy atom. The molecular weight excluding hydrogens is 708 g/mol. The van der Waals surface area contributed by atoms with Gasteiger partial charge in [-0.1, -0.05) is 11.6 Å². The third-order valence-electron chi connectivity index (χ3n) is 6.96. The molecule has 0 saturated carbocycles. The Bertz CT molecular complexity index is 1680. The fourth-order valence-electron chi connectivity index (χ4n) is 4.54. The number of benzene rings is 1. The van der Waals surface area contributed by atoms with Crippen molar-refractivity contribution in [3.05, 3.63) is 59.0 Å². The highest BCUT2D eigenvalue weighted by molar-refractivity contribution is 6.32. The number of fused-ring (bicyclic) bond motifs is 6. The van der Waals surface area contributed by atoms with Crippen molar-refractivity contribution < 1.29 is 60.8 Å². The number of nitrogens with one attached hydrogen (secondary N) is 3. The van der Waals surface area contributed by atoms with Crippen molar-refractivity contribution in [2.75, 3.05) is 29.0 Å². The molecule has 5 rings (SSSR count). The fourth-order valence-corrected chi connectivity index (χ4v) is 4.68. The number of aryl methyl sites for hydroxylation is 2. The van der Waals surface area contributed by atoms with Crippen molar-refractivity contribution in [1.82, 2.24) is 19.9 Å². The molecule has 4 heterocycles. The molecule has 2 aliphatic heterocycles. The summed E-state index contributed by atoms with van der Waals surface area (Å²) in [5, 5.41) is 33.3. The second kappa shape index (κ2) is 16.8. The van der Waals surface area contributed by atoms with Crippen LogP contribution in [0.5, 0.6) is 0 Å². The zero-order chi connectivity index (χ0) is 37.2. The molecule has 6 N–H and O–H groups in total. The summed E-state index contributed by atoms with van der Waals surface area (Å²) in [7, 11) is 0. The number of aliphatic carboxylic acids is 2. The maximum atomic E-state index is 12.9. The van der Waals surface area contributed by atoms with Gasteiger partial charge < -0.3 is 36.2 Å². The van der Waals surface area contributed by atoms with Crippen LogP contribution in [0.4, 0.5) is 60.0 Å². The van der Waals surface area contributed by atoms with E-state index in [-0.39, 0.29) is 11.8 Å². The summed E-state index contributed by atoms with van der Waals surface area (Å²) in [5.41, 5.74) is 4.32. The van der Waals surface area contributed by atoms with Gasteiger partial charge in [0.05, 0.1) is 18.1 Å². The molecule has 2 amide bonds. The highest BCUT2D eigenvalue weighted by Crippen LogP contribution is 2.30. The predicted octanol–water partition coefficient (Wildman–Crippen LogP) is 6.10. The number of aromatic nitrogens is 3. The Balaban J connectivity index is 0.000000408. The highest BCUT2D eigenvalue weighted by Gasteiger charge is 2.39. The van der Waals surface area contributed by atoms with Gasteiger partial charge in [0, 0.05) is 37.1 Å². The van der Waals surface area contributed by atoms with E-state index >= 15 is 0 Å². The van der Waals surface area contributed by atoms with Crippen molar-refractivity contribution in [2.45, 2.75) is 44.5 Å². The first-order chi connectivity index (χ1) is 23.3. The molecule has 1 aromatic carbocycles. The molecule has 1 saturated heterocycles. The summed E-state index contributed by atoms with van der Waals surface area (Å²) in [6.07, 6.45) is -2.85. The molecule has 21 heteroatoms. The number of hydrogen-bond acceptors (Lipinski definition) is 9. The quantitative estimate of drug-likeness (QED) is 0.169. The van der Waals surface area contributed by atoms with Gasteiger partial charge in [-0.3, -0.25) is 9.78 Å². The van der Waals surface area contributed by atoms with E-state index in [1.807, 2.05) is 30.5 Å². The van der Waals surface area contributed by atoms with Gasteiger partial charge in [0.25, 0.3) is 0 Å². The number of likely N-dealkylation sites (tertiary alicyclic amines) is 1. The molecule has 1 fully saturated rings. The topological polar surface area (TPSA) is 207 Å². The van der Waals surface area contributed by atoms with E-state index in [0.29, 0.717) is 55.6 Å². The number of carbonyl (C=O) groups excluding carboxylic acids is 1. The van der Waals surface area contributed by atoms with Gasteiger partial charge in [0.1, 0.15) is 5.02 Å². The minimum absolute atomic E-state index is 0.0694. The third kappa shape index (κ3) is 12.2. The van der Waals surface area contributed by atoms with Crippen LogP contribution in [0, 0.1) is 5.92 Å². The van der Waals surface area contributed by atoms with E-state index in [4.69, 9.17) is 36.5 Å². The fraction of sp³-hybridized carbons (Fsp3) is 0.345. The van der Waals surface area contributed by atoms with Crippen LogP contribution in [-0.2, 0) is 27.2 Å². The van der Waals surface area contributed by atoms with E-state index in [0.717, 1.165) is 34.6 Å². The summed E-state index contributed by atoms with van der Waals surface area (Å²) >= 11 is 6.33. The van der Waals surface area contributed by atoms with E-state index in [1.54, 1.807) is 6.20 Å². The smallest absolute Gasteiger partial charge is 0.475 e. The summed E-state index contributed by atoms with van der Waals surface area (Å²) in [4.78, 5) is 56.3. The van der Waals surface area contributed by atoms with Gasteiger partial charge in [-0.05, 0) is 67.0 Å². The first kappa shape index (κ1) is 39.0. The first-order valence-corrected chi connectivity index (χ1v) is 14.7. The maximum Gasteiger partial charge on any atom is 0.490 e. The SMILES string of the molecule is O=C(CC1CCN(C(=O)O)CC1)Nc1ccc2cc1CCc1cncc(c1)Nc1ncc(Cl)c(n1)N2.O=C(O)C(F)(F)F.O=C(O)C(F)(F)F. The van der Waals surface area contributed by atoms with Gasteiger partial charge in [-0.15, -0.1) is 0 Å². The average Bonchev–Trinajstić information content (AvgIpc) is 3.03. The van der Waals surface area contributed by atoms with E-state index in [9.17, 15) is 35.9 Å². The molecule has 2 aliphatic rings. The minimum atomic E-state index is -5.08. The van der Waals surface area contributed by atoms with Crippen LogP contribution >= 0.6 is 11.6 Å². The number of halogens is 7. The number of carbonyl (C=O) groups is 4. The number of hydrogen-bond donors (Lipinski definition) is 6. The lowest BCUT2D eigenvalue weighted by atomic mass is 9.93. The normalized spacial score (nSPS) is 14.3. The molecule has 0 radical (unpaired) electrons. The highest BCUT2D eigenvalue weighted by atomic mass is 35.5. The molecule has 6 bridgehead atoms. The molecule has 0 atom stereocenters. The molecule has 270 valence electrons. The molecule has 14 nitrogen and oxygen atoms in total. The lowest BCUT2D eigenvalue weighted by Gasteiger charge is -2.29. The van der Waals surface area contributed by atoms with Crippen LogP contribution in [-0.4, -0.2) is 84.6 Å². The molecule has 0 unspecified atom stereocenters. The third-order valence-corrected chi connectivity index (χ3v) is 7.24. The summed E-state index contributed by atoms with van der Waals surface area (Å²) in [6, 6.07) is 7.74. The molecule has 0 aliphatic carbocycles. The Labute approximate surface area is 283 Å². The van der Waals surface area contributed by atoms with Crippen LogP contribution in [0.1, 0.15) is 30.4 Å². The second-order valence-corrected chi connectivity index (χ2v) is 11.1. The number of carboxylic acids is 2. The molecule has 2 aromatic heterocycles. The number of pyridine rings is 1. The van der Waals surface area contributed by atoms with Crippen molar-refractivity contribution in [3.8, 4) is 0 Å². The van der Waals surface area contributed by atoms with Gasteiger partial charge in [0.15, 0.2) is 5.82 Å².